The van der Waals surface area contributed by atoms with Crippen LogP contribution in [0.2, 0.25) is 0 Å². The molecule has 26 heavy (non-hydrogen) atoms. The van der Waals surface area contributed by atoms with E-state index in [2.05, 4.69) is 5.32 Å². The van der Waals surface area contributed by atoms with E-state index in [9.17, 15) is 9.59 Å². The van der Waals surface area contributed by atoms with Crippen LogP contribution in [0, 0.1) is 0 Å². The molecule has 7 nitrogen and oxygen atoms in total. The summed E-state index contributed by atoms with van der Waals surface area (Å²) in [7, 11) is 3.08. The fourth-order valence-electron chi connectivity index (χ4n) is 2.11. The van der Waals surface area contributed by atoms with Crippen molar-refractivity contribution < 1.29 is 28.2 Å². The fraction of sp³-hybridized carbons (Fsp3) is 0.263. The predicted molar refractivity (Wildman–Crippen MR) is 94.7 cm³/mol. The van der Waals surface area contributed by atoms with Crippen LogP contribution in [0.3, 0.4) is 0 Å². The van der Waals surface area contributed by atoms with Crippen molar-refractivity contribution in [3.05, 3.63) is 54.0 Å². The summed E-state index contributed by atoms with van der Waals surface area (Å²) in [6.07, 6.45) is 3.37. The van der Waals surface area contributed by atoms with Gasteiger partial charge in [0.15, 0.2) is 6.10 Å². The lowest BCUT2D eigenvalue weighted by Gasteiger charge is -2.11. The quantitative estimate of drug-likeness (QED) is 0.576. The monoisotopic (exact) mass is 359 g/mol. The number of hydrogen-bond donors (Lipinski definition) is 1. The number of esters is 1. The van der Waals surface area contributed by atoms with Gasteiger partial charge in [-0.15, -0.1) is 0 Å². The standard InChI is InChI=1S/C19H21NO6/c1-13(19(22)20-12-16-5-4-10-25-16)26-18(21)9-7-14-6-8-15(23-2)11-17(14)24-3/h4-11,13H,12H2,1-3H3,(H,20,22)/b9-7+/t13-/m0/s1. The highest BCUT2D eigenvalue weighted by Gasteiger charge is 2.16. The van der Waals surface area contributed by atoms with Gasteiger partial charge in [0.1, 0.15) is 17.3 Å². The maximum absolute atomic E-state index is 11.9. The number of amides is 1. The van der Waals surface area contributed by atoms with Crippen LogP contribution in [0.15, 0.2) is 47.1 Å². The Balaban J connectivity index is 1.88. The molecule has 1 aromatic carbocycles. The molecule has 0 fully saturated rings. The minimum atomic E-state index is -0.931. The van der Waals surface area contributed by atoms with Gasteiger partial charge in [0.2, 0.25) is 0 Å². The Hall–Kier alpha value is -3.22. The van der Waals surface area contributed by atoms with Gasteiger partial charge in [0.05, 0.1) is 27.0 Å². The number of carbonyl (C=O) groups is 2. The van der Waals surface area contributed by atoms with Crippen LogP contribution < -0.4 is 14.8 Å². The smallest absolute Gasteiger partial charge is 0.331 e. The van der Waals surface area contributed by atoms with Crippen molar-refractivity contribution in [2.24, 2.45) is 0 Å². The summed E-state index contributed by atoms with van der Waals surface area (Å²) >= 11 is 0. The molecule has 0 aliphatic carbocycles. The maximum Gasteiger partial charge on any atom is 0.331 e. The molecular weight excluding hydrogens is 338 g/mol. The zero-order chi connectivity index (χ0) is 18.9. The largest absolute Gasteiger partial charge is 0.497 e. The van der Waals surface area contributed by atoms with E-state index in [-0.39, 0.29) is 6.54 Å². The normalized spacial score (nSPS) is 11.8. The van der Waals surface area contributed by atoms with Crippen LogP contribution in [0.1, 0.15) is 18.2 Å². The molecule has 0 saturated heterocycles. The maximum atomic E-state index is 11.9. The van der Waals surface area contributed by atoms with E-state index < -0.39 is 18.0 Å². The molecule has 0 bridgehead atoms. The number of nitrogens with one attached hydrogen (secondary N) is 1. The summed E-state index contributed by atoms with van der Waals surface area (Å²) < 4.78 is 20.6. The van der Waals surface area contributed by atoms with Crippen molar-refractivity contribution >= 4 is 18.0 Å². The molecule has 1 heterocycles. The van der Waals surface area contributed by atoms with E-state index in [1.54, 1.807) is 43.5 Å². The van der Waals surface area contributed by atoms with E-state index in [4.69, 9.17) is 18.6 Å². The van der Waals surface area contributed by atoms with Crippen LogP contribution in [-0.2, 0) is 20.9 Å². The molecule has 1 N–H and O–H groups in total. The van der Waals surface area contributed by atoms with Crippen molar-refractivity contribution in [2.75, 3.05) is 14.2 Å². The molecule has 2 rings (SSSR count). The van der Waals surface area contributed by atoms with E-state index in [1.165, 1.54) is 26.4 Å². The molecule has 0 radical (unpaired) electrons. The molecule has 2 aromatic rings. The molecule has 0 unspecified atom stereocenters. The van der Waals surface area contributed by atoms with Gasteiger partial charge in [-0.05, 0) is 37.3 Å². The summed E-state index contributed by atoms with van der Waals surface area (Å²) in [5.41, 5.74) is 0.681. The summed E-state index contributed by atoms with van der Waals surface area (Å²) in [5.74, 6) is 0.762. The Morgan fingerprint density at radius 2 is 2.04 bits per heavy atom. The van der Waals surface area contributed by atoms with Crippen LogP contribution in [0.25, 0.3) is 6.08 Å². The van der Waals surface area contributed by atoms with Gasteiger partial charge in [0.25, 0.3) is 5.91 Å². The highest BCUT2D eigenvalue weighted by Crippen LogP contribution is 2.25. The molecule has 1 aromatic heterocycles. The van der Waals surface area contributed by atoms with Gasteiger partial charge in [-0.25, -0.2) is 4.79 Å². The second-order valence-corrected chi connectivity index (χ2v) is 5.32. The molecule has 0 aliphatic rings. The average molecular weight is 359 g/mol. The molecule has 0 spiro atoms. The first kappa shape index (κ1) is 19.1. The second kappa shape index (κ2) is 9.31. The molecule has 1 amide bonds. The van der Waals surface area contributed by atoms with Gasteiger partial charge in [-0.2, -0.15) is 0 Å². The first-order valence-electron chi connectivity index (χ1n) is 7.94. The third-order valence-corrected chi connectivity index (χ3v) is 3.52. The molecule has 7 heteroatoms. The first-order chi connectivity index (χ1) is 12.5. The molecule has 1 atom stereocenters. The SMILES string of the molecule is COc1ccc(/C=C/C(=O)O[C@@H](C)C(=O)NCc2ccco2)c(OC)c1. The highest BCUT2D eigenvalue weighted by molar-refractivity contribution is 5.90. The number of benzene rings is 1. The van der Waals surface area contributed by atoms with Gasteiger partial charge in [-0.3, -0.25) is 4.79 Å². The van der Waals surface area contributed by atoms with Gasteiger partial charge < -0.3 is 23.9 Å². The summed E-state index contributed by atoms with van der Waals surface area (Å²) in [4.78, 5) is 23.8. The van der Waals surface area contributed by atoms with Crippen molar-refractivity contribution in [1.82, 2.24) is 5.32 Å². The van der Waals surface area contributed by atoms with E-state index in [0.717, 1.165) is 0 Å². The Morgan fingerprint density at radius 1 is 1.23 bits per heavy atom. The molecule has 0 aliphatic heterocycles. The zero-order valence-electron chi connectivity index (χ0n) is 14.9. The Kier molecular flexibility index (Phi) is 6.84. The number of rotatable bonds is 8. The van der Waals surface area contributed by atoms with E-state index in [1.807, 2.05) is 0 Å². The van der Waals surface area contributed by atoms with Gasteiger partial charge >= 0.3 is 5.97 Å². The van der Waals surface area contributed by atoms with Crippen LogP contribution in [0.4, 0.5) is 0 Å². The Bertz CT molecular complexity index is 766. The van der Waals surface area contributed by atoms with Crippen LogP contribution in [-0.4, -0.2) is 32.2 Å². The minimum absolute atomic E-state index is 0.229. The summed E-state index contributed by atoms with van der Waals surface area (Å²) in [6, 6.07) is 8.67. The molecule has 138 valence electrons. The minimum Gasteiger partial charge on any atom is -0.497 e. The topological polar surface area (TPSA) is 87.0 Å². The van der Waals surface area contributed by atoms with E-state index >= 15 is 0 Å². The number of methoxy groups -OCH3 is 2. The van der Waals surface area contributed by atoms with Crippen molar-refractivity contribution in [1.29, 1.82) is 0 Å². The average Bonchev–Trinajstić information content (AvgIpc) is 3.17. The first-order valence-corrected chi connectivity index (χ1v) is 7.94. The Morgan fingerprint density at radius 3 is 2.69 bits per heavy atom. The summed E-state index contributed by atoms with van der Waals surface area (Å²) in [6.45, 7) is 1.73. The van der Waals surface area contributed by atoms with Gasteiger partial charge in [-0.1, -0.05) is 0 Å². The predicted octanol–water partition coefficient (Wildman–Crippen LogP) is 2.56. The summed E-state index contributed by atoms with van der Waals surface area (Å²) in [5, 5.41) is 2.63. The lowest BCUT2D eigenvalue weighted by Crippen LogP contribution is -2.35. The third-order valence-electron chi connectivity index (χ3n) is 3.52. The van der Waals surface area contributed by atoms with Crippen molar-refractivity contribution in [3.63, 3.8) is 0 Å². The highest BCUT2D eigenvalue weighted by atomic mass is 16.5. The van der Waals surface area contributed by atoms with E-state index in [0.29, 0.717) is 22.8 Å². The van der Waals surface area contributed by atoms with Gasteiger partial charge in [0, 0.05) is 17.7 Å². The van der Waals surface area contributed by atoms with Crippen molar-refractivity contribution in [3.8, 4) is 11.5 Å². The Labute approximate surface area is 151 Å². The number of furan rings is 1. The van der Waals surface area contributed by atoms with Crippen LogP contribution >= 0.6 is 0 Å². The fourth-order valence-corrected chi connectivity index (χ4v) is 2.11. The molecular formula is C19H21NO6. The third kappa shape index (κ3) is 5.41. The molecule has 0 saturated carbocycles. The zero-order valence-corrected chi connectivity index (χ0v) is 14.9. The van der Waals surface area contributed by atoms with Crippen LogP contribution in [0.5, 0.6) is 11.5 Å². The number of ether oxygens (including phenoxy) is 3. The lowest BCUT2D eigenvalue weighted by molar-refractivity contribution is -0.150. The lowest BCUT2D eigenvalue weighted by atomic mass is 10.1. The number of hydrogen-bond acceptors (Lipinski definition) is 6. The van der Waals surface area contributed by atoms with Crippen molar-refractivity contribution in [2.45, 2.75) is 19.6 Å². The number of carbonyl (C=O) groups excluding carboxylic acids is 2. The second-order valence-electron chi connectivity index (χ2n) is 5.32.